The first kappa shape index (κ1) is 25.0. The minimum absolute atomic E-state index is 0.0296. The van der Waals surface area contributed by atoms with Gasteiger partial charge in [0.05, 0.1) is 22.1 Å². The summed E-state index contributed by atoms with van der Waals surface area (Å²) in [5.74, 6) is 3.68. The van der Waals surface area contributed by atoms with Gasteiger partial charge in [-0.05, 0) is 88.2 Å². The molecule has 13 rings (SSSR count). The van der Waals surface area contributed by atoms with Gasteiger partial charge in [-0.2, -0.15) is 0 Å². The monoisotopic (exact) mass is 622 g/mol. The van der Waals surface area contributed by atoms with E-state index < -0.39 is 0 Å². The quantitative estimate of drug-likeness (QED) is 0.193. The standard InChI is InChI=1S/C43H24B2N2O2/c1-23-42-30(44-28-12-4-8-16-34(28)46-32-14-6-2-10-24(32)26-18-20-36(48-42)38(44)40(26)46)22-31-43(23)49-37-21-19-27-25-11-3-7-15-33(25)47-35-17-9-5-13-29(35)45(31)39(37)41(27)47/h2-22H,1H3. The van der Waals surface area contributed by atoms with Gasteiger partial charge in [0.15, 0.2) is 0 Å². The van der Waals surface area contributed by atoms with Crippen molar-refractivity contribution in [2.75, 3.05) is 0 Å². The molecule has 9 aromatic rings. The lowest BCUT2D eigenvalue weighted by Crippen LogP contribution is -2.62. The predicted octanol–water partition coefficient (Wildman–Crippen LogP) is 6.06. The number of ether oxygens (including phenoxy) is 2. The number of nitrogens with zero attached hydrogens (tertiary/aromatic N) is 2. The second-order valence-electron chi connectivity index (χ2n) is 14.0. The van der Waals surface area contributed by atoms with Crippen LogP contribution < -0.4 is 42.3 Å². The lowest BCUT2D eigenvalue weighted by atomic mass is 9.31. The third-order valence-electron chi connectivity index (χ3n) is 11.8. The van der Waals surface area contributed by atoms with E-state index in [1.807, 2.05) is 0 Å². The minimum Gasteiger partial charge on any atom is -0.458 e. The number of hydrogen-bond donors (Lipinski definition) is 0. The van der Waals surface area contributed by atoms with Crippen molar-refractivity contribution in [1.29, 1.82) is 0 Å². The van der Waals surface area contributed by atoms with Gasteiger partial charge in [-0.3, -0.25) is 0 Å². The zero-order valence-electron chi connectivity index (χ0n) is 26.5. The van der Waals surface area contributed by atoms with Crippen LogP contribution >= 0.6 is 0 Å². The van der Waals surface area contributed by atoms with Gasteiger partial charge >= 0.3 is 0 Å². The molecule has 0 fully saturated rings. The summed E-state index contributed by atoms with van der Waals surface area (Å²) in [6.07, 6.45) is 0. The van der Waals surface area contributed by atoms with Gasteiger partial charge in [0, 0.05) is 38.5 Å². The smallest absolute Gasteiger partial charge is 0.256 e. The average molecular weight is 622 g/mol. The van der Waals surface area contributed by atoms with E-state index >= 15 is 0 Å². The number of hydrogen-bond acceptors (Lipinski definition) is 2. The Morgan fingerprint density at radius 1 is 0.449 bits per heavy atom. The maximum absolute atomic E-state index is 7.00. The van der Waals surface area contributed by atoms with Crippen LogP contribution in [0.2, 0.25) is 0 Å². The Morgan fingerprint density at radius 2 is 0.898 bits per heavy atom. The first-order chi connectivity index (χ1) is 24.3. The van der Waals surface area contributed by atoms with Gasteiger partial charge in [-0.15, -0.1) is 0 Å². The van der Waals surface area contributed by atoms with E-state index in [4.69, 9.17) is 9.47 Å². The van der Waals surface area contributed by atoms with Crippen LogP contribution in [0.4, 0.5) is 0 Å². The van der Waals surface area contributed by atoms with E-state index in [-0.39, 0.29) is 13.4 Å². The van der Waals surface area contributed by atoms with Crippen LogP contribution in [0.5, 0.6) is 23.0 Å². The fourth-order valence-electron chi connectivity index (χ4n) is 9.95. The zero-order chi connectivity index (χ0) is 31.7. The van der Waals surface area contributed by atoms with Crippen LogP contribution in [0.15, 0.2) is 127 Å². The SMILES string of the molecule is Cc1c2c(cc3c1Oc1ccc4c5ccccc5n5c4c1B3c1ccccc1-5)B1c3ccccc3-n3c4ccccc4c4ccc(c1c43)O2. The Kier molecular flexibility index (Phi) is 4.22. The fourth-order valence-corrected chi connectivity index (χ4v) is 9.95. The molecule has 2 aromatic heterocycles. The summed E-state index contributed by atoms with van der Waals surface area (Å²) in [5, 5.41) is 5.08. The molecule has 6 heterocycles. The third kappa shape index (κ3) is 2.74. The van der Waals surface area contributed by atoms with Crippen molar-refractivity contribution in [3.63, 3.8) is 0 Å². The molecule has 224 valence electrons. The Bertz CT molecular complexity index is 2840. The topological polar surface area (TPSA) is 28.3 Å². The van der Waals surface area contributed by atoms with Gasteiger partial charge in [0.2, 0.25) is 0 Å². The molecule has 4 nitrogen and oxygen atoms in total. The van der Waals surface area contributed by atoms with Crippen molar-refractivity contribution in [3.8, 4) is 34.4 Å². The van der Waals surface area contributed by atoms with Gasteiger partial charge in [0.25, 0.3) is 13.4 Å². The summed E-state index contributed by atoms with van der Waals surface area (Å²) in [4.78, 5) is 0. The maximum Gasteiger partial charge on any atom is 0.256 e. The Balaban J connectivity index is 1.15. The molecule has 0 aliphatic carbocycles. The number of fused-ring (bicyclic) bond motifs is 16. The first-order valence-corrected chi connectivity index (χ1v) is 17.1. The van der Waals surface area contributed by atoms with Crippen LogP contribution in [0.3, 0.4) is 0 Å². The molecular formula is C43H24B2N2O2. The molecule has 0 bridgehead atoms. The second kappa shape index (κ2) is 8.29. The van der Waals surface area contributed by atoms with E-state index in [1.165, 1.54) is 87.8 Å². The Labute approximate surface area is 281 Å². The summed E-state index contributed by atoms with van der Waals surface area (Å²) in [7, 11) is 0. The molecule has 0 radical (unpaired) electrons. The van der Waals surface area contributed by atoms with Gasteiger partial charge in [-0.25, -0.2) is 0 Å². The fraction of sp³-hybridized carbons (Fsp3) is 0.0233. The molecule has 0 unspecified atom stereocenters. The van der Waals surface area contributed by atoms with Crippen molar-refractivity contribution in [1.82, 2.24) is 9.13 Å². The van der Waals surface area contributed by atoms with Gasteiger partial charge in [0.1, 0.15) is 23.0 Å². The van der Waals surface area contributed by atoms with E-state index in [9.17, 15) is 0 Å². The molecule has 7 aromatic carbocycles. The van der Waals surface area contributed by atoms with E-state index in [0.717, 1.165) is 28.6 Å². The van der Waals surface area contributed by atoms with Crippen molar-refractivity contribution >= 4 is 89.8 Å². The van der Waals surface area contributed by atoms with Gasteiger partial charge in [-0.1, -0.05) is 78.9 Å². The molecule has 0 saturated heterocycles. The summed E-state index contributed by atoms with van der Waals surface area (Å²) >= 11 is 0. The van der Waals surface area contributed by atoms with Crippen LogP contribution in [0.1, 0.15) is 5.56 Å². The maximum atomic E-state index is 7.00. The summed E-state index contributed by atoms with van der Waals surface area (Å²) in [5.41, 5.74) is 16.0. The van der Waals surface area contributed by atoms with Crippen molar-refractivity contribution < 1.29 is 9.47 Å². The molecule has 0 spiro atoms. The van der Waals surface area contributed by atoms with Crippen molar-refractivity contribution in [3.05, 3.63) is 133 Å². The van der Waals surface area contributed by atoms with Crippen LogP contribution in [-0.4, -0.2) is 22.6 Å². The zero-order valence-corrected chi connectivity index (χ0v) is 26.5. The highest BCUT2D eigenvalue weighted by atomic mass is 16.5. The summed E-state index contributed by atoms with van der Waals surface area (Å²) in [6, 6.07) is 46.7. The van der Waals surface area contributed by atoms with E-state index in [1.54, 1.807) is 0 Å². The van der Waals surface area contributed by atoms with E-state index in [0.29, 0.717) is 0 Å². The lowest BCUT2D eigenvalue weighted by molar-refractivity contribution is 0.459. The lowest BCUT2D eigenvalue weighted by Gasteiger charge is -2.37. The van der Waals surface area contributed by atoms with E-state index in [2.05, 4.69) is 143 Å². The number of aromatic nitrogens is 2. The largest absolute Gasteiger partial charge is 0.458 e. The third-order valence-corrected chi connectivity index (χ3v) is 11.8. The Hall–Kier alpha value is -6.13. The summed E-state index contributed by atoms with van der Waals surface area (Å²) < 4.78 is 18.9. The molecule has 49 heavy (non-hydrogen) atoms. The van der Waals surface area contributed by atoms with Crippen LogP contribution in [0.25, 0.3) is 55.0 Å². The second-order valence-corrected chi connectivity index (χ2v) is 14.0. The highest BCUT2D eigenvalue weighted by molar-refractivity contribution is 7.02. The molecular weight excluding hydrogens is 598 g/mol. The van der Waals surface area contributed by atoms with Crippen molar-refractivity contribution in [2.24, 2.45) is 0 Å². The number of benzene rings is 7. The van der Waals surface area contributed by atoms with Crippen molar-refractivity contribution in [2.45, 2.75) is 6.92 Å². The number of para-hydroxylation sites is 4. The highest BCUT2D eigenvalue weighted by Crippen LogP contribution is 2.43. The summed E-state index contributed by atoms with van der Waals surface area (Å²) in [6.45, 7) is 2.24. The Morgan fingerprint density at radius 3 is 1.41 bits per heavy atom. The minimum atomic E-state index is 0.0296. The first-order valence-electron chi connectivity index (χ1n) is 17.1. The number of rotatable bonds is 0. The predicted molar refractivity (Wildman–Crippen MR) is 202 cm³/mol. The highest BCUT2D eigenvalue weighted by Gasteiger charge is 2.46. The van der Waals surface area contributed by atoms with Crippen LogP contribution in [0, 0.1) is 6.92 Å². The molecule has 0 N–H and O–H groups in total. The molecule has 0 amide bonds. The molecule has 0 atom stereocenters. The molecule has 0 saturated carbocycles. The molecule has 6 heteroatoms. The molecule has 4 aliphatic heterocycles. The van der Waals surface area contributed by atoms with Gasteiger partial charge < -0.3 is 18.6 Å². The normalized spacial score (nSPS) is 14.1. The average Bonchev–Trinajstić information content (AvgIpc) is 3.68. The molecule has 4 aliphatic rings. The van der Waals surface area contributed by atoms with Crippen LogP contribution in [-0.2, 0) is 0 Å².